The molecule has 0 heterocycles. The van der Waals surface area contributed by atoms with E-state index in [-0.39, 0.29) is 0 Å². The van der Waals surface area contributed by atoms with Crippen molar-refractivity contribution in [2.24, 2.45) is 0 Å². The van der Waals surface area contributed by atoms with E-state index in [4.69, 9.17) is 5.73 Å². The van der Waals surface area contributed by atoms with Gasteiger partial charge in [-0.05, 0) is 65.9 Å². The van der Waals surface area contributed by atoms with Crippen LogP contribution in [0.25, 0.3) is 11.1 Å². The van der Waals surface area contributed by atoms with Crippen molar-refractivity contribution in [2.75, 3.05) is 12.0 Å². The van der Waals surface area contributed by atoms with E-state index < -0.39 is 0 Å². The molecule has 1 nitrogen and oxygen atoms in total. The molecule has 2 aromatic rings. The van der Waals surface area contributed by atoms with Crippen molar-refractivity contribution in [3.8, 4) is 23.0 Å². The molecular weight excluding hydrogens is 305 g/mol. The summed E-state index contributed by atoms with van der Waals surface area (Å²) in [5.41, 5.74) is 11.3. The second-order valence-electron chi connectivity index (χ2n) is 5.26. The zero-order valence-electron chi connectivity index (χ0n) is 13.4. The average Bonchev–Trinajstić information content (AvgIpc) is 2.50. The lowest BCUT2D eigenvalue weighted by atomic mass is 9.96. The van der Waals surface area contributed by atoms with Gasteiger partial charge in [-0.15, -0.1) is 21.0 Å². The lowest BCUT2D eigenvalue weighted by molar-refractivity contribution is 0.983. The van der Waals surface area contributed by atoms with Crippen LogP contribution >= 0.6 is 21.0 Å². The second-order valence-corrected chi connectivity index (χ2v) is 6.73. The average molecular weight is 327 g/mol. The van der Waals surface area contributed by atoms with E-state index in [9.17, 15) is 0 Å². The fourth-order valence-electron chi connectivity index (χ4n) is 2.25. The van der Waals surface area contributed by atoms with Gasteiger partial charge in [-0.25, -0.2) is 0 Å². The minimum atomic E-state index is 0.802. The largest absolute Gasteiger partial charge is 0.398 e. The lowest BCUT2D eigenvalue weighted by Crippen LogP contribution is -1.98. The maximum atomic E-state index is 6.07. The highest BCUT2D eigenvalue weighted by atomic mass is 32.2. The number of benzene rings is 2. The summed E-state index contributed by atoms with van der Waals surface area (Å²) < 4.78 is 0. The van der Waals surface area contributed by atoms with Gasteiger partial charge in [0, 0.05) is 22.6 Å². The Morgan fingerprint density at radius 3 is 2.64 bits per heavy atom. The van der Waals surface area contributed by atoms with Crippen LogP contribution in [0.3, 0.4) is 0 Å². The minimum absolute atomic E-state index is 0.802. The monoisotopic (exact) mass is 327 g/mol. The summed E-state index contributed by atoms with van der Waals surface area (Å²) in [5, 5.41) is 1.21. The highest BCUT2D eigenvalue weighted by Gasteiger charge is 2.08. The number of aryl methyl sites for hydroxylation is 1. The number of anilines is 1. The van der Waals surface area contributed by atoms with Crippen molar-refractivity contribution in [3.63, 3.8) is 0 Å². The molecule has 2 rings (SSSR count). The molecule has 0 spiro atoms. The van der Waals surface area contributed by atoms with Crippen LogP contribution in [0.4, 0.5) is 5.69 Å². The molecule has 3 heteroatoms. The highest BCUT2D eigenvalue weighted by Crippen LogP contribution is 2.29. The van der Waals surface area contributed by atoms with Crippen LogP contribution in [0.1, 0.15) is 30.9 Å². The molecule has 0 saturated carbocycles. The summed E-state index contributed by atoms with van der Waals surface area (Å²) in [4.78, 5) is 1.28. The van der Waals surface area contributed by atoms with E-state index in [1.165, 1.54) is 15.8 Å². The predicted octanol–water partition coefficient (Wildman–Crippen LogP) is 4.62. The number of hydrogen-bond donors (Lipinski definition) is 1. The van der Waals surface area contributed by atoms with Gasteiger partial charge < -0.3 is 5.73 Å². The molecule has 2 N–H and O–H groups in total. The third-order valence-electron chi connectivity index (χ3n) is 3.54. The summed E-state index contributed by atoms with van der Waals surface area (Å²) in [6, 6.07) is 10.7. The van der Waals surface area contributed by atoms with E-state index in [2.05, 4.69) is 58.5 Å². The molecule has 0 bridgehead atoms. The molecule has 0 fully saturated rings. The first kappa shape index (κ1) is 16.9. The van der Waals surface area contributed by atoms with Crippen LogP contribution in [0.15, 0.2) is 35.2 Å². The van der Waals surface area contributed by atoms with Gasteiger partial charge in [-0.1, -0.05) is 24.8 Å². The summed E-state index contributed by atoms with van der Waals surface area (Å²) in [7, 11) is 2.82. The Morgan fingerprint density at radius 1 is 1.23 bits per heavy atom. The van der Waals surface area contributed by atoms with Crippen LogP contribution in [-0.4, -0.2) is 6.26 Å². The maximum absolute atomic E-state index is 6.07. The fraction of sp³-hybridized carbons (Fsp3) is 0.263. The smallest absolute Gasteiger partial charge is 0.0356 e. The van der Waals surface area contributed by atoms with Crippen LogP contribution in [0.5, 0.6) is 0 Å². The maximum Gasteiger partial charge on any atom is 0.0356 e. The standard InChI is InChI=1S/C19H22NPS/c1-4-5-6-7-14-11-17(20)13(2)10-16(14)15-8-9-19(22-3)18(21)12-15/h8-12H,4-5,20-21H2,1-3H3. The molecule has 114 valence electrons. The molecule has 0 radical (unpaired) electrons. The molecule has 0 saturated heterocycles. The van der Waals surface area contributed by atoms with E-state index >= 15 is 0 Å². The molecule has 22 heavy (non-hydrogen) atoms. The topological polar surface area (TPSA) is 26.0 Å². The number of hydrogen-bond acceptors (Lipinski definition) is 2. The molecule has 0 aromatic heterocycles. The van der Waals surface area contributed by atoms with Crippen molar-refractivity contribution in [3.05, 3.63) is 41.5 Å². The van der Waals surface area contributed by atoms with E-state index in [1.807, 2.05) is 13.0 Å². The molecule has 1 atom stereocenters. The van der Waals surface area contributed by atoms with Gasteiger partial charge in [0.2, 0.25) is 0 Å². The molecule has 0 amide bonds. The Bertz CT molecular complexity index is 741. The first-order chi connectivity index (χ1) is 10.6. The van der Waals surface area contributed by atoms with Gasteiger partial charge >= 0.3 is 0 Å². The van der Waals surface area contributed by atoms with Gasteiger partial charge in [-0.2, -0.15) is 0 Å². The molecule has 2 aromatic carbocycles. The van der Waals surface area contributed by atoms with Crippen molar-refractivity contribution in [1.29, 1.82) is 0 Å². The first-order valence-electron chi connectivity index (χ1n) is 7.39. The Balaban J connectivity index is 2.56. The zero-order valence-corrected chi connectivity index (χ0v) is 15.3. The number of nitrogens with two attached hydrogens (primary N) is 1. The minimum Gasteiger partial charge on any atom is -0.398 e. The molecular formula is C19H22NPS. The van der Waals surface area contributed by atoms with Crippen molar-refractivity contribution in [2.45, 2.75) is 31.6 Å². The first-order valence-corrected chi connectivity index (χ1v) is 9.20. The van der Waals surface area contributed by atoms with Crippen LogP contribution < -0.4 is 11.0 Å². The summed E-state index contributed by atoms with van der Waals surface area (Å²) in [6.07, 6.45) is 4.08. The Kier molecular flexibility index (Phi) is 5.95. The summed E-state index contributed by atoms with van der Waals surface area (Å²) in [6.45, 7) is 4.18. The Labute approximate surface area is 140 Å². The third kappa shape index (κ3) is 3.86. The second kappa shape index (κ2) is 7.73. The Morgan fingerprint density at radius 2 is 2.00 bits per heavy atom. The number of unbranched alkanes of at least 4 members (excludes halogenated alkanes) is 1. The number of rotatable bonds is 3. The predicted molar refractivity (Wildman–Crippen MR) is 104 cm³/mol. The Hall–Kier alpha value is -1.42. The van der Waals surface area contributed by atoms with Crippen molar-refractivity contribution >= 4 is 32.0 Å². The normalized spacial score (nSPS) is 10.2. The third-order valence-corrected chi connectivity index (χ3v) is 5.04. The van der Waals surface area contributed by atoms with Crippen molar-refractivity contribution < 1.29 is 0 Å². The quantitative estimate of drug-likeness (QED) is 0.385. The van der Waals surface area contributed by atoms with Crippen molar-refractivity contribution in [1.82, 2.24) is 0 Å². The van der Waals surface area contributed by atoms with Crippen LogP contribution in [0.2, 0.25) is 0 Å². The lowest BCUT2D eigenvalue weighted by Gasteiger charge is -2.11. The number of nitrogen functional groups attached to an aromatic ring is 1. The molecule has 0 aliphatic heterocycles. The number of thioether (sulfide) groups is 1. The summed E-state index contributed by atoms with van der Waals surface area (Å²) >= 11 is 1.76. The van der Waals surface area contributed by atoms with E-state index in [1.54, 1.807) is 11.8 Å². The SMILES string of the molecule is CCCC#Cc1cc(N)c(C)cc1-c1ccc(SC)c(P)c1. The molecule has 1 unspecified atom stereocenters. The van der Waals surface area contributed by atoms with Gasteiger partial charge in [-0.3, -0.25) is 0 Å². The van der Waals surface area contributed by atoms with Gasteiger partial charge in [0.05, 0.1) is 0 Å². The van der Waals surface area contributed by atoms with Crippen LogP contribution in [0, 0.1) is 18.8 Å². The molecule has 0 aliphatic rings. The fourth-order valence-corrected chi connectivity index (χ4v) is 3.38. The summed E-state index contributed by atoms with van der Waals surface area (Å²) in [5.74, 6) is 6.52. The van der Waals surface area contributed by atoms with Gasteiger partial charge in [0.25, 0.3) is 0 Å². The zero-order chi connectivity index (χ0) is 16.1. The highest BCUT2D eigenvalue weighted by molar-refractivity contribution is 7.99. The molecule has 0 aliphatic carbocycles. The van der Waals surface area contributed by atoms with Gasteiger partial charge in [0.1, 0.15) is 0 Å². The van der Waals surface area contributed by atoms with Crippen LogP contribution in [-0.2, 0) is 0 Å². The van der Waals surface area contributed by atoms with E-state index in [0.29, 0.717) is 0 Å². The van der Waals surface area contributed by atoms with E-state index in [0.717, 1.165) is 35.2 Å². The van der Waals surface area contributed by atoms with Gasteiger partial charge in [0.15, 0.2) is 0 Å².